The van der Waals surface area contributed by atoms with Gasteiger partial charge in [0.05, 0.1) is 6.54 Å². The monoisotopic (exact) mass is 238 g/mol. The van der Waals surface area contributed by atoms with Crippen LogP contribution in [0.15, 0.2) is 24.3 Å². The molecule has 0 radical (unpaired) electrons. The maximum atomic E-state index is 12.9. The van der Waals surface area contributed by atoms with Gasteiger partial charge in [-0.25, -0.2) is 4.39 Å². The highest BCUT2D eigenvalue weighted by molar-refractivity contribution is 5.78. The molecule has 0 aliphatic heterocycles. The van der Waals surface area contributed by atoms with E-state index in [0.29, 0.717) is 6.54 Å². The largest absolute Gasteiger partial charge is 0.350 e. The lowest BCUT2D eigenvalue weighted by atomic mass is 10.1. The number of carbonyl (C=O) groups is 1. The fraction of sp³-hybridized carbons (Fsp3) is 0.462. The van der Waals surface area contributed by atoms with Crippen molar-refractivity contribution in [3.05, 3.63) is 35.6 Å². The van der Waals surface area contributed by atoms with Crippen LogP contribution in [0.1, 0.15) is 26.3 Å². The first kappa shape index (κ1) is 13.6. The molecule has 0 aliphatic rings. The van der Waals surface area contributed by atoms with Crippen LogP contribution >= 0.6 is 0 Å². The molecule has 0 fully saturated rings. The van der Waals surface area contributed by atoms with Crippen molar-refractivity contribution in [3.8, 4) is 0 Å². The Labute approximate surface area is 101 Å². The molecule has 0 aliphatic carbocycles. The Bertz CT molecular complexity index is 385. The zero-order chi connectivity index (χ0) is 12.9. The van der Waals surface area contributed by atoms with Crippen molar-refractivity contribution in [2.24, 2.45) is 0 Å². The molecular formula is C13H19FN2O. The first-order valence-corrected chi connectivity index (χ1v) is 5.63. The standard InChI is InChI=1S/C13H19FN2O/c1-13(2,3)16-12(17)9-15-8-10-5-4-6-11(14)7-10/h4-7,15H,8-9H2,1-3H3,(H,16,17). The van der Waals surface area contributed by atoms with Crippen molar-refractivity contribution < 1.29 is 9.18 Å². The third kappa shape index (κ3) is 6.02. The lowest BCUT2D eigenvalue weighted by Crippen LogP contribution is -2.44. The Morgan fingerprint density at radius 3 is 2.65 bits per heavy atom. The molecule has 1 amide bonds. The molecule has 1 aromatic rings. The van der Waals surface area contributed by atoms with Gasteiger partial charge in [-0.05, 0) is 38.5 Å². The van der Waals surface area contributed by atoms with Crippen LogP contribution in [0.25, 0.3) is 0 Å². The molecular weight excluding hydrogens is 219 g/mol. The van der Waals surface area contributed by atoms with Crippen LogP contribution in [0.2, 0.25) is 0 Å². The number of hydrogen-bond acceptors (Lipinski definition) is 2. The van der Waals surface area contributed by atoms with Crippen LogP contribution in [-0.4, -0.2) is 18.0 Å². The minimum absolute atomic E-state index is 0.0612. The number of amides is 1. The average Bonchev–Trinajstić information content (AvgIpc) is 2.14. The second kappa shape index (κ2) is 5.77. The zero-order valence-corrected chi connectivity index (χ0v) is 10.5. The van der Waals surface area contributed by atoms with E-state index in [4.69, 9.17) is 0 Å². The third-order valence-electron chi connectivity index (χ3n) is 2.02. The van der Waals surface area contributed by atoms with E-state index in [1.54, 1.807) is 6.07 Å². The summed E-state index contributed by atoms with van der Waals surface area (Å²) in [6, 6.07) is 6.32. The predicted molar refractivity (Wildman–Crippen MR) is 66.0 cm³/mol. The minimum atomic E-state index is -0.261. The fourth-order valence-corrected chi connectivity index (χ4v) is 1.43. The molecule has 4 heteroatoms. The summed E-state index contributed by atoms with van der Waals surface area (Å²) in [4.78, 5) is 11.5. The van der Waals surface area contributed by atoms with E-state index in [1.165, 1.54) is 12.1 Å². The number of hydrogen-bond donors (Lipinski definition) is 2. The van der Waals surface area contributed by atoms with Crippen LogP contribution in [0.5, 0.6) is 0 Å². The molecule has 0 unspecified atom stereocenters. The van der Waals surface area contributed by atoms with Gasteiger partial charge in [0.15, 0.2) is 0 Å². The lowest BCUT2D eigenvalue weighted by Gasteiger charge is -2.20. The normalized spacial score (nSPS) is 11.3. The highest BCUT2D eigenvalue weighted by atomic mass is 19.1. The van der Waals surface area contributed by atoms with E-state index in [-0.39, 0.29) is 23.8 Å². The highest BCUT2D eigenvalue weighted by Crippen LogP contribution is 2.02. The average molecular weight is 238 g/mol. The summed E-state index contributed by atoms with van der Waals surface area (Å²) in [7, 11) is 0. The topological polar surface area (TPSA) is 41.1 Å². The van der Waals surface area contributed by atoms with Crippen molar-refractivity contribution >= 4 is 5.91 Å². The number of halogens is 1. The second-order valence-corrected chi connectivity index (χ2v) is 5.03. The van der Waals surface area contributed by atoms with Gasteiger partial charge in [-0.2, -0.15) is 0 Å². The fourth-order valence-electron chi connectivity index (χ4n) is 1.43. The van der Waals surface area contributed by atoms with Crippen LogP contribution in [-0.2, 0) is 11.3 Å². The molecule has 0 saturated carbocycles. The summed E-state index contributed by atoms with van der Waals surface area (Å²) in [6.07, 6.45) is 0. The molecule has 2 N–H and O–H groups in total. The van der Waals surface area contributed by atoms with Crippen LogP contribution in [0.3, 0.4) is 0 Å². The molecule has 17 heavy (non-hydrogen) atoms. The van der Waals surface area contributed by atoms with Gasteiger partial charge in [-0.3, -0.25) is 4.79 Å². The van der Waals surface area contributed by atoms with Crippen molar-refractivity contribution in [1.82, 2.24) is 10.6 Å². The van der Waals surface area contributed by atoms with Crippen LogP contribution in [0.4, 0.5) is 4.39 Å². The van der Waals surface area contributed by atoms with Gasteiger partial charge in [0.1, 0.15) is 5.82 Å². The van der Waals surface area contributed by atoms with Crippen molar-refractivity contribution in [2.75, 3.05) is 6.54 Å². The van der Waals surface area contributed by atoms with Gasteiger partial charge in [-0.1, -0.05) is 12.1 Å². The van der Waals surface area contributed by atoms with E-state index < -0.39 is 0 Å². The molecule has 1 aromatic carbocycles. The van der Waals surface area contributed by atoms with E-state index in [9.17, 15) is 9.18 Å². The second-order valence-electron chi connectivity index (χ2n) is 5.03. The van der Waals surface area contributed by atoms with Gasteiger partial charge < -0.3 is 10.6 Å². The van der Waals surface area contributed by atoms with E-state index in [2.05, 4.69) is 10.6 Å². The van der Waals surface area contributed by atoms with Gasteiger partial charge >= 0.3 is 0 Å². The SMILES string of the molecule is CC(C)(C)NC(=O)CNCc1cccc(F)c1. The van der Waals surface area contributed by atoms with E-state index >= 15 is 0 Å². The van der Waals surface area contributed by atoms with E-state index in [1.807, 2.05) is 26.8 Å². The summed E-state index contributed by atoms with van der Waals surface area (Å²) in [5.74, 6) is -0.322. The number of rotatable bonds is 4. The lowest BCUT2D eigenvalue weighted by molar-refractivity contribution is -0.121. The Kier molecular flexibility index (Phi) is 4.63. The molecule has 0 aromatic heterocycles. The molecule has 94 valence electrons. The van der Waals surface area contributed by atoms with Crippen LogP contribution in [0, 0.1) is 5.82 Å². The third-order valence-corrected chi connectivity index (χ3v) is 2.02. The van der Waals surface area contributed by atoms with Crippen LogP contribution < -0.4 is 10.6 Å². The Hall–Kier alpha value is -1.42. The summed E-state index contributed by atoms with van der Waals surface area (Å²) in [6.45, 7) is 6.50. The summed E-state index contributed by atoms with van der Waals surface area (Å²) >= 11 is 0. The molecule has 0 spiro atoms. The van der Waals surface area contributed by atoms with Crippen molar-refractivity contribution in [1.29, 1.82) is 0 Å². The Morgan fingerprint density at radius 2 is 2.06 bits per heavy atom. The van der Waals surface area contributed by atoms with Gasteiger partial charge in [0, 0.05) is 12.1 Å². The van der Waals surface area contributed by atoms with Gasteiger partial charge in [0.25, 0.3) is 0 Å². The smallest absolute Gasteiger partial charge is 0.234 e. The Balaban J connectivity index is 2.31. The molecule has 1 rings (SSSR count). The summed E-state index contributed by atoms with van der Waals surface area (Å²) in [5.41, 5.74) is 0.603. The molecule has 0 bridgehead atoms. The molecule has 0 heterocycles. The maximum absolute atomic E-state index is 12.9. The zero-order valence-electron chi connectivity index (χ0n) is 10.5. The molecule has 0 saturated heterocycles. The quantitative estimate of drug-likeness (QED) is 0.840. The van der Waals surface area contributed by atoms with Crippen molar-refractivity contribution in [2.45, 2.75) is 32.9 Å². The minimum Gasteiger partial charge on any atom is -0.350 e. The summed E-state index contributed by atoms with van der Waals surface area (Å²) < 4.78 is 12.9. The Morgan fingerprint density at radius 1 is 1.35 bits per heavy atom. The first-order chi connectivity index (χ1) is 7.87. The van der Waals surface area contributed by atoms with E-state index in [0.717, 1.165) is 5.56 Å². The highest BCUT2D eigenvalue weighted by Gasteiger charge is 2.12. The van der Waals surface area contributed by atoms with Gasteiger partial charge in [-0.15, -0.1) is 0 Å². The first-order valence-electron chi connectivity index (χ1n) is 5.63. The summed E-state index contributed by atoms with van der Waals surface area (Å²) in [5, 5.41) is 5.81. The van der Waals surface area contributed by atoms with Gasteiger partial charge in [0.2, 0.25) is 5.91 Å². The number of benzene rings is 1. The number of nitrogens with one attached hydrogen (secondary N) is 2. The predicted octanol–water partition coefficient (Wildman–Crippen LogP) is 1.83. The maximum Gasteiger partial charge on any atom is 0.234 e. The molecule has 3 nitrogen and oxygen atoms in total. The number of carbonyl (C=O) groups excluding carboxylic acids is 1. The van der Waals surface area contributed by atoms with Crippen molar-refractivity contribution in [3.63, 3.8) is 0 Å². The molecule has 0 atom stereocenters.